The van der Waals surface area contributed by atoms with Crippen LogP contribution in [0.1, 0.15) is 44.5 Å². The summed E-state index contributed by atoms with van der Waals surface area (Å²) in [6.07, 6.45) is 0. The van der Waals surface area contributed by atoms with Gasteiger partial charge in [-0.1, -0.05) is 206 Å². The average Bonchev–Trinajstić information content (AvgIpc) is 4.05. The van der Waals surface area contributed by atoms with Gasteiger partial charge in [0.05, 0.1) is 22.2 Å². The lowest BCUT2D eigenvalue weighted by Gasteiger charge is -2.48. The highest BCUT2D eigenvalue weighted by Crippen LogP contribution is 2.67. The normalized spacial score (nSPS) is 14.0. The lowest BCUT2D eigenvalue weighted by atomic mass is 9.52. The van der Waals surface area contributed by atoms with Gasteiger partial charge in [0, 0.05) is 27.5 Å². The van der Waals surface area contributed by atoms with Crippen molar-refractivity contribution in [3.8, 4) is 67.3 Å². The molecular formula is C66H40N2O. The maximum Gasteiger partial charge on any atom is 0.160 e. The van der Waals surface area contributed by atoms with Gasteiger partial charge in [-0.05, 0) is 114 Å². The first kappa shape index (κ1) is 38.2. The maximum absolute atomic E-state index is 6.34. The first-order valence-electron chi connectivity index (χ1n) is 23.8. The van der Waals surface area contributed by atoms with E-state index in [1.54, 1.807) is 0 Å². The van der Waals surface area contributed by atoms with Crippen LogP contribution in [-0.4, -0.2) is 9.97 Å². The molecule has 2 aromatic heterocycles. The zero-order valence-corrected chi connectivity index (χ0v) is 37.4. The number of furan rings is 1. The molecule has 2 heterocycles. The number of rotatable bonds is 4. The number of fused-ring (bicyclic) bond motifs is 19. The van der Waals surface area contributed by atoms with Crippen molar-refractivity contribution >= 4 is 21.9 Å². The van der Waals surface area contributed by atoms with Crippen molar-refractivity contribution in [3.63, 3.8) is 0 Å². The van der Waals surface area contributed by atoms with Crippen molar-refractivity contribution in [2.45, 2.75) is 10.8 Å². The topological polar surface area (TPSA) is 38.9 Å². The number of nitrogens with zero attached hydrogens (tertiary/aromatic N) is 2. The van der Waals surface area contributed by atoms with Gasteiger partial charge < -0.3 is 4.42 Å². The van der Waals surface area contributed by atoms with Crippen LogP contribution < -0.4 is 0 Å². The van der Waals surface area contributed by atoms with Gasteiger partial charge in [-0.3, -0.25) is 0 Å². The van der Waals surface area contributed by atoms with Gasteiger partial charge in [-0.2, -0.15) is 0 Å². The largest absolute Gasteiger partial charge is 0.456 e. The number of benzene rings is 10. The molecule has 0 aliphatic heterocycles. The summed E-state index contributed by atoms with van der Waals surface area (Å²) in [6, 6.07) is 88.8. The minimum Gasteiger partial charge on any atom is -0.456 e. The third-order valence-corrected chi connectivity index (χ3v) is 15.4. The summed E-state index contributed by atoms with van der Waals surface area (Å²) in [4.78, 5) is 10.5. The van der Waals surface area contributed by atoms with Crippen LogP contribution in [0, 0.1) is 0 Å². The highest BCUT2D eigenvalue weighted by Gasteiger charge is 2.58. The van der Waals surface area contributed by atoms with Crippen LogP contribution in [-0.2, 0) is 10.8 Å². The molecule has 0 saturated heterocycles. The highest BCUT2D eigenvalue weighted by atomic mass is 16.3. The van der Waals surface area contributed by atoms with Gasteiger partial charge in [-0.25, -0.2) is 9.97 Å². The molecule has 0 amide bonds. The summed E-state index contributed by atoms with van der Waals surface area (Å²) in [5, 5.41) is 2.20. The minimum absolute atomic E-state index is 0.469. The Morgan fingerprint density at radius 2 is 0.710 bits per heavy atom. The van der Waals surface area contributed by atoms with Gasteiger partial charge in [0.25, 0.3) is 0 Å². The summed E-state index contributed by atoms with van der Waals surface area (Å²) < 4.78 is 6.34. The van der Waals surface area contributed by atoms with Crippen molar-refractivity contribution in [1.82, 2.24) is 9.97 Å². The Hall–Kier alpha value is -8.92. The Labute approximate surface area is 399 Å². The van der Waals surface area contributed by atoms with Gasteiger partial charge in [0.1, 0.15) is 11.2 Å². The molecule has 0 unspecified atom stereocenters. The highest BCUT2D eigenvalue weighted by molar-refractivity contribution is 6.06. The monoisotopic (exact) mass is 876 g/mol. The molecule has 69 heavy (non-hydrogen) atoms. The summed E-state index contributed by atoms with van der Waals surface area (Å²) in [6.45, 7) is 0. The lowest BCUT2D eigenvalue weighted by molar-refractivity contribution is 0.633. The Morgan fingerprint density at radius 1 is 0.261 bits per heavy atom. The fourth-order valence-corrected chi connectivity index (χ4v) is 12.6. The standard InChI is InChI=1S/C66H40N2O/c1-2-17-41(18-3-1)60-40-61(44-33-35-50-49-24-7-15-32-62(49)69-63(50)39-44)68-64(67-60)45-20-16-19-42(37-45)43-34-36-55-51(38-43)48-23-6-10-27-54(48)66(55)58-30-13-11-28-56(58)65(57-29-12-14-31-59(57)66)52-25-8-4-21-46(52)47-22-5-9-26-53(47)65/h1-40H. The molecule has 3 aliphatic carbocycles. The maximum atomic E-state index is 6.34. The zero-order chi connectivity index (χ0) is 45.3. The third kappa shape index (κ3) is 5.16. The molecule has 0 N–H and O–H groups in total. The predicted molar refractivity (Wildman–Crippen MR) is 279 cm³/mol. The van der Waals surface area contributed by atoms with Crippen LogP contribution >= 0.6 is 0 Å². The van der Waals surface area contributed by atoms with E-state index in [0.717, 1.165) is 61.1 Å². The molecule has 3 heteroatoms. The molecule has 0 radical (unpaired) electrons. The molecule has 0 atom stereocenters. The fraction of sp³-hybridized carbons (Fsp3) is 0.0303. The minimum atomic E-state index is -0.537. The molecule has 15 rings (SSSR count). The molecular weight excluding hydrogens is 837 g/mol. The summed E-state index contributed by atoms with van der Waals surface area (Å²) in [7, 11) is 0. The van der Waals surface area contributed by atoms with Gasteiger partial charge in [0.15, 0.2) is 5.82 Å². The van der Waals surface area contributed by atoms with Gasteiger partial charge >= 0.3 is 0 Å². The number of hydrogen-bond acceptors (Lipinski definition) is 3. The van der Waals surface area contributed by atoms with Crippen LogP contribution in [0.5, 0.6) is 0 Å². The molecule has 0 saturated carbocycles. The van der Waals surface area contributed by atoms with Crippen molar-refractivity contribution in [2.24, 2.45) is 0 Å². The Morgan fingerprint density at radius 3 is 1.35 bits per heavy atom. The first-order chi connectivity index (χ1) is 34.2. The fourth-order valence-electron chi connectivity index (χ4n) is 12.6. The van der Waals surface area contributed by atoms with E-state index in [1.807, 2.05) is 18.2 Å². The van der Waals surface area contributed by atoms with E-state index in [0.29, 0.717) is 5.82 Å². The number of aromatic nitrogens is 2. The Kier molecular flexibility index (Phi) is 7.92. The second-order valence-corrected chi connectivity index (χ2v) is 18.7. The van der Waals surface area contributed by atoms with E-state index in [9.17, 15) is 0 Å². The van der Waals surface area contributed by atoms with Crippen molar-refractivity contribution in [2.75, 3.05) is 0 Å². The van der Waals surface area contributed by atoms with Crippen LogP contribution in [0.15, 0.2) is 247 Å². The van der Waals surface area contributed by atoms with E-state index in [-0.39, 0.29) is 0 Å². The molecule has 3 nitrogen and oxygen atoms in total. The van der Waals surface area contributed by atoms with Crippen molar-refractivity contribution in [3.05, 3.63) is 287 Å². The van der Waals surface area contributed by atoms with Crippen LogP contribution in [0.2, 0.25) is 0 Å². The van der Waals surface area contributed by atoms with E-state index in [2.05, 4.69) is 224 Å². The zero-order valence-electron chi connectivity index (χ0n) is 37.4. The van der Waals surface area contributed by atoms with Crippen molar-refractivity contribution in [1.29, 1.82) is 0 Å². The van der Waals surface area contributed by atoms with Crippen LogP contribution in [0.25, 0.3) is 89.2 Å². The van der Waals surface area contributed by atoms with E-state index in [4.69, 9.17) is 14.4 Å². The van der Waals surface area contributed by atoms with Crippen LogP contribution in [0.4, 0.5) is 0 Å². The van der Waals surface area contributed by atoms with Crippen LogP contribution in [0.3, 0.4) is 0 Å². The second-order valence-electron chi connectivity index (χ2n) is 18.7. The molecule has 10 aromatic carbocycles. The molecule has 0 fully saturated rings. The quantitative estimate of drug-likeness (QED) is 0.177. The van der Waals surface area contributed by atoms with Gasteiger partial charge in [0.2, 0.25) is 0 Å². The first-order valence-corrected chi connectivity index (χ1v) is 23.8. The average molecular weight is 877 g/mol. The Bertz CT molecular complexity index is 4010. The van der Waals surface area contributed by atoms with Crippen molar-refractivity contribution < 1.29 is 4.42 Å². The smallest absolute Gasteiger partial charge is 0.160 e. The number of hydrogen-bond donors (Lipinski definition) is 0. The molecule has 12 aromatic rings. The van der Waals surface area contributed by atoms with E-state index >= 15 is 0 Å². The molecule has 320 valence electrons. The predicted octanol–water partition coefficient (Wildman–Crippen LogP) is 16.1. The summed E-state index contributed by atoms with van der Waals surface area (Å²) >= 11 is 0. The number of para-hydroxylation sites is 1. The van der Waals surface area contributed by atoms with E-state index < -0.39 is 10.8 Å². The SMILES string of the molecule is c1ccc(-c2cc(-c3ccc4c(c3)oc3ccccc34)nc(-c3cccc(-c4ccc5c(c4)-c4ccccc4C54c5ccccc5C5(c6ccccc6-c6ccccc65)c5ccccc54)c3)n2)cc1. The molecule has 3 aliphatic rings. The second kappa shape index (κ2) is 14.3. The molecule has 0 bridgehead atoms. The summed E-state index contributed by atoms with van der Waals surface area (Å²) in [5.41, 5.74) is 23.4. The lowest BCUT2D eigenvalue weighted by Crippen LogP contribution is -2.43. The van der Waals surface area contributed by atoms with E-state index in [1.165, 1.54) is 66.8 Å². The Balaban J connectivity index is 0.899. The third-order valence-electron chi connectivity index (χ3n) is 15.4. The summed E-state index contributed by atoms with van der Waals surface area (Å²) in [5.74, 6) is 0.669. The molecule has 2 spiro atoms. The van der Waals surface area contributed by atoms with Gasteiger partial charge in [-0.15, -0.1) is 0 Å².